The topological polar surface area (TPSA) is 112 Å². The number of aromatic carboxylic acids is 1. The predicted molar refractivity (Wildman–Crippen MR) is 66.2 cm³/mol. The van der Waals surface area contributed by atoms with Crippen molar-refractivity contribution in [2.45, 2.75) is 0 Å². The van der Waals surface area contributed by atoms with Crippen molar-refractivity contribution in [3.8, 4) is 0 Å². The van der Waals surface area contributed by atoms with Gasteiger partial charge in [-0.1, -0.05) is 0 Å². The van der Waals surface area contributed by atoms with E-state index in [1.165, 1.54) is 30.6 Å². The molecule has 0 aliphatic rings. The molecule has 0 atom stereocenters. The van der Waals surface area contributed by atoms with Crippen molar-refractivity contribution in [3.05, 3.63) is 58.3 Å². The first-order valence-electron chi connectivity index (χ1n) is 5.26. The van der Waals surface area contributed by atoms with Gasteiger partial charge in [-0.05, 0) is 18.2 Å². The molecule has 7 heteroatoms. The second kappa shape index (κ2) is 5.13. The standard InChI is InChI=1S/C12H9N3O4/c16-9-6-7(3-5-13-9)11(17)15-8-2-1-4-14-10(8)12(18)19/h1-6H,(H,13,16)(H,15,17)(H,18,19). The highest BCUT2D eigenvalue weighted by molar-refractivity contribution is 6.07. The number of nitrogens with one attached hydrogen (secondary N) is 2. The molecule has 7 nitrogen and oxygen atoms in total. The molecule has 0 aromatic carbocycles. The van der Waals surface area contributed by atoms with Crippen LogP contribution in [-0.4, -0.2) is 27.0 Å². The molecule has 0 saturated carbocycles. The smallest absolute Gasteiger partial charge is 0.356 e. The first-order valence-corrected chi connectivity index (χ1v) is 5.26. The minimum absolute atomic E-state index is 0.0697. The number of pyridine rings is 2. The SMILES string of the molecule is O=C(Nc1cccnc1C(=O)O)c1cc[nH]c(=O)c1. The van der Waals surface area contributed by atoms with Crippen LogP contribution in [0.25, 0.3) is 0 Å². The summed E-state index contributed by atoms with van der Waals surface area (Å²) in [6.45, 7) is 0. The fourth-order valence-electron chi connectivity index (χ4n) is 1.46. The van der Waals surface area contributed by atoms with Gasteiger partial charge in [0, 0.05) is 24.0 Å². The predicted octanol–water partition coefficient (Wildman–Crippen LogP) is 0.720. The van der Waals surface area contributed by atoms with E-state index in [9.17, 15) is 14.4 Å². The maximum atomic E-state index is 11.9. The van der Waals surface area contributed by atoms with Crippen molar-refractivity contribution in [1.29, 1.82) is 0 Å². The van der Waals surface area contributed by atoms with Gasteiger partial charge in [-0.25, -0.2) is 9.78 Å². The van der Waals surface area contributed by atoms with E-state index in [0.29, 0.717) is 0 Å². The molecule has 3 N–H and O–H groups in total. The summed E-state index contributed by atoms with van der Waals surface area (Å²) in [7, 11) is 0. The van der Waals surface area contributed by atoms with E-state index in [1.807, 2.05) is 0 Å². The highest BCUT2D eigenvalue weighted by Crippen LogP contribution is 2.13. The summed E-state index contributed by atoms with van der Waals surface area (Å²) in [4.78, 5) is 39.9. The van der Waals surface area contributed by atoms with Crippen LogP contribution in [-0.2, 0) is 0 Å². The molecular weight excluding hydrogens is 250 g/mol. The lowest BCUT2D eigenvalue weighted by atomic mass is 10.2. The fraction of sp³-hybridized carbons (Fsp3) is 0. The van der Waals surface area contributed by atoms with Crippen molar-refractivity contribution in [3.63, 3.8) is 0 Å². The van der Waals surface area contributed by atoms with Crippen molar-refractivity contribution in [1.82, 2.24) is 9.97 Å². The average Bonchev–Trinajstić information content (AvgIpc) is 2.39. The molecule has 0 bridgehead atoms. The summed E-state index contributed by atoms with van der Waals surface area (Å²) in [5.74, 6) is -1.83. The van der Waals surface area contributed by atoms with Crippen molar-refractivity contribution in [2.75, 3.05) is 5.32 Å². The van der Waals surface area contributed by atoms with E-state index in [4.69, 9.17) is 5.11 Å². The van der Waals surface area contributed by atoms with Gasteiger partial charge in [0.15, 0.2) is 5.69 Å². The van der Waals surface area contributed by atoms with Crippen LogP contribution >= 0.6 is 0 Å². The number of amides is 1. The number of carboxylic acids is 1. The number of H-pyrrole nitrogens is 1. The lowest BCUT2D eigenvalue weighted by Gasteiger charge is -2.06. The van der Waals surface area contributed by atoms with Crippen LogP contribution in [0, 0.1) is 0 Å². The monoisotopic (exact) mass is 259 g/mol. The molecule has 2 heterocycles. The van der Waals surface area contributed by atoms with Crippen LogP contribution in [0.15, 0.2) is 41.5 Å². The van der Waals surface area contributed by atoms with Gasteiger partial charge in [0.1, 0.15) is 0 Å². The van der Waals surface area contributed by atoms with Crippen LogP contribution in [0.4, 0.5) is 5.69 Å². The van der Waals surface area contributed by atoms with Gasteiger partial charge < -0.3 is 15.4 Å². The first-order chi connectivity index (χ1) is 9.08. The third kappa shape index (κ3) is 2.83. The number of hydrogen-bond acceptors (Lipinski definition) is 4. The highest BCUT2D eigenvalue weighted by Gasteiger charge is 2.14. The summed E-state index contributed by atoms with van der Waals surface area (Å²) in [6, 6.07) is 5.45. The molecule has 2 rings (SSSR count). The lowest BCUT2D eigenvalue weighted by molar-refractivity contribution is 0.0692. The van der Waals surface area contributed by atoms with Crippen molar-refractivity contribution < 1.29 is 14.7 Å². The summed E-state index contributed by atoms with van der Waals surface area (Å²) in [5.41, 5.74) is -0.484. The molecular formula is C12H9N3O4. The molecule has 2 aromatic rings. The Morgan fingerprint density at radius 3 is 2.79 bits per heavy atom. The van der Waals surface area contributed by atoms with Crippen LogP contribution in [0.3, 0.4) is 0 Å². The quantitative estimate of drug-likeness (QED) is 0.751. The molecule has 0 aliphatic carbocycles. The number of carbonyl (C=O) groups is 2. The number of aromatic amines is 1. The third-order valence-electron chi connectivity index (χ3n) is 2.30. The highest BCUT2D eigenvalue weighted by atomic mass is 16.4. The Balaban J connectivity index is 2.29. The van der Waals surface area contributed by atoms with Gasteiger partial charge in [-0.3, -0.25) is 9.59 Å². The summed E-state index contributed by atoms with van der Waals surface area (Å²) < 4.78 is 0. The van der Waals surface area contributed by atoms with Gasteiger partial charge in [-0.2, -0.15) is 0 Å². The van der Waals surface area contributed by atoms with Crippen LogP contribution in [0.2, 0.25) is 0 Å². The van der Waals surface area contributed by atoms with Crippen LogP contribution < -0.4 is 10.9 Å². The largest absolute Gasteiger partial charge is 0.476 e. The molecule has 96 valence electrons. The number of anilines is 1. The van der Waals surface area contributed by atoms with Gasteiger partial charge in [0.2, 0.25) is 5.56 Å². The lowest BCUT2D eigenvalue weighted by Crippen LogP contribution is -2.17. The molecule has 2 aromatic heterocycles. The Bertz CT molecular complexity index is 693. The molecule has 0 fully saturated rings. The van der Waals surface area contributed by atoms with Crippen LogP contribution in [0.5, 0.6) is 0 Å². The average molecular weight is 259 g/mol. The van der Waals surface area contributed by atoms with E-state index in [2.05, 4.69) is 15.3 Å². The number of carbonyl (C=O) groups excluding carboxylic acids is 1. The number of hydrogen-bond donors (Lipinski definition) is 3. The Kier molecular flexibility index (Phi) is 3.37. The summed E-state index contributed by atoms with van der Waals surface area (Å²) in [5, 5.41) is 11.3. The molecule has 0 radical (unpaired) electrons. The van der Waals surface area contributed by atoms with Gasteiger partial charge >= 0.3 is 5.97 Å². The van der Waals surface area contributed by atoms with Gasteiger partial charge in [-0.15, -0.1) is 0 Å². The molecule has 0 aliphatic heterocycles. The zero-order chi connectivity index (χ0) is 13.8. The maximum Gasteiger partial charge on any atom is 0.356 e. The van der Waals surface area contributed by atoms with E-state index in [1.54, 1.807) is 0 Å². The molecule has 0 saturated heterocycles. The zero-order valence-electron chi connectivity index (χ0n) is 9.58. The summed E-state index contributed by atoms with van der Waals surface area (Å²) >= 11 is 0. The molecule has 19 heavy (non-hydrogen) atoms. The van der Waals surface area contributed by atoms with E-state index >= 15 is 0 Å². The number of rotatable bonds is 3. The number of carboxylic acid groups (broad SMARTS) is 1. The Morgan fingerprint density at radius 2 is 2.11 bits per heavy atom. The van der Waals surface area contributed by atoms with E-state index < -0.39 is 17.4 Å². The van der Waals surface area contributed by atoms with E-state index in [-0.39, 0.29) is 16.9 Å². The van der Waals surface area contributed by atoms with Crippen molar-refractivity contribution >= 4 is 17.6 Å². The number of aromatic nitrogens is 2. The Morgan fingerprint density at radius 1 is 1.32 bits per heavy atom. The minimum Gasteiger partial charge on any atom is -0.476 e. The molecule has 1 amide bonds. The minimum atomic E-state index is -1.25. The molecule has 0 unspecified atom stereocenters. The summed E-state index contributed by atoms with van der Waals surface area (Å²) in [6.07, 6.45) is 2.64. The zero-order valence-corrected chi connectivity index (χ0v) is 9.58. The second-order valence-electron chi connectivity index (χ2n) is 3.60. The van der Waals surface area contributed by atoms with Crippen molar-refractivity contribution in [2.24, 2.45) is 0 Å². The maximum absolute atomic E-state index is 11.9. The normalized spacial score (nSPS) is 9.89. The Labute approximate surface area is 106 Å². The van der Waals surface area contributed by atoms with E-state index in [0.717, 1.165) is 6.07 Å². The molecule has 0 spiro atoms. The fourth-order valence-corrected chi connectivity index (χ4v) is 1.46. The number of nitrogens with zero attached hydrogens (tertiary/aromatic N) is 1. The van der Waals surface area contributed by atoms with Crippen LogP contribution in [0.1, 0.15) is 20.8 Å². The Hall–Kier alpha value is -2.96. The first kappa shape index (κ1) is 12.5. The van der Waals surface area contributed by atoms with Gasteiger partial charge in [0.05, 0.1) is 5.69 Å². The van der Waals surface area contributed by atoms with Gasteiger partial charge in [0.25, 0.3) is 5.91 Å². The third-order valence-corrected chi connectivity index (χ3v) is 2.30. The second-order valence-corrected chi connectivity index (χ2v) is 3.60.